The monoisotopic (exact) mass is 335 g/mol. The van der Waals surface area contributed by atoms with Gasteiger partial charge in [-0.2, -0.15) is 0 Å². The van der Waals surface area contributed by atoms with Crippen LogP contribution in [-0.2, 0) is 4.79 Å². The second kappa shape index (κ2) is 6.14. The Labute approximate surface area is 147 Å². The molecule has 2 aliphatic rings. The van der Waals surface area contributed by atoms with Crippen molar-refractivity contribution in [3.8, 4) is 0 Å². The fourth-order valence-corrected chi connectivity index (χ4v) is 4.89. The predicted molar refractivity (Wildman–Crippen MR) is 100 cm³/mol. The molecule has 0 fully saturated rings. The number of allylic oxidation sites excluding steroid dienone is 1. The number of benzene rings is 2. The van der Waals surface area contributed by atoms with Crippen molar-refractivity contribution in [3.63, 3.8) is 0 Å². The molecule has 0 saturated heterocycles. The maximum atomic E-state index is 12.9. The van der Waals surface area contributed by atoms with Crippen LogP contribution in [0.5, 0.6) is 0 Å². The highest BCUT2D eigenvalue weighted by molar-refractivity contribution is 8.00. The van der Waals surface area contributed by atoms with Crippen LogP contribution < -0.4 is 5.32 Å². The molecule has 122 valence electrons. The molecule has 0 bridgehead atoms. The van der Waals surface area contributed by atoms with Crippen molar-refractivity contribution in [2.45, 2.75) is 36.8 Å². The summed E-state index contributed by atoms with van der Waals surface area (Å²) in [7, 11) is 0. The molecule has 4 rings (SSSR count). The fraction of sp³-hybridized carbons (Fsp3) is 0.286. The molecule has 2 aromatic rings. The lowest BCUT2D eigenvalue weighted by Crippen LogP contribution is -2.23. The van der Waals surface area contributed by atoms with Crippen LogP contribution in [0.25, 0.3) is 0 Å². The maximum Gasteiger partial charge on any atom is 0.162 e. The van der Waals surface area contributed by atoms with E-state index in [9.17, 15) is 4.79 Å². The number of anilines is 1. The number of para-hydroxylation sites is 1. The molecule has 24 heavy (non-hydrogen) atoms. The molecule has 0 unspecified atom stereocenters. The smallest absolute Gasteiger partial charge is 0.162 e. The summed E-state index contributed by atoms with van der Waals surface area (Å²) >= 11 is 1.79. The van der Waals surface area contributed by atoms with Gasteiger partial charge in [-0.1, -0.05) is 48.9 Å². The van der Waals surface area contributed by atoms with Crippen LogP contribution in [0.4, 0.5) is 5.69 Å². The summed E-state index contributed by atoms with van der Waals surface area (Å²) in [5.74, 6) is 0.694. The molecular weight excluding hydrogens is 314 g/mol. The Hall–Kier alpha value is -2.00. The van der Waals surface area contributed by atoms with Gasteiger partial charge in [0, 0.05) is 22.6 Å². The highest BCUT2D eigenvalue weighted by Gasteiger charge is 2.34. The summed E-state index contributed by atoms with van der Waals surface area (Å²) in [6, 6.07) is 17.0. The Morgan fingerprint density at radius 3 is 2.58 bits per heavy atom. The van der Waals surface area contributed by atoms with Crippen LogP contribution in [-0.4, -0.2) is 5.78 Å². The van der Waals surface area contributed by atoms with Crippen LogP contribution in [0.2, 0.25) is 0 Å². The molecule has 0 radical (unpaired) electrons. The van der Waals surface area contributed by atoms with Gasteiger partial charge in [0.2, 0.25) is 0 Å². The number of ketones is 1. The van der Waals surface area contributed by atoms with Gasteiger partial charge in [0.25, 0.3) is 0 Å². The third kappa shape index (κ3) is 2.78. The van der Waals surface area contributed by atoms with Gasteiger partial charge in [-0.05, 0) is 37.0 Å². The van der Waals surface area contributed by atoms with E-state index in [1.807, 2.05) is 6.07 Å². The summed E-state index contributed by atoms with van der Waals surface area (Å²) in [5, 5.41) is 3.64. The molecule has 1 N–H and O–H groups in total. The van der Waals surface area contributed by atoms with Crippen molar-refractivity contribution in [1.82, 2.24) is 0 Å². The number of carbonyl (C=O) groups excluding carboxylic acids is 1. The van der Waals surface area contributed by atoms with Gasteiger partial charge in [0.1, 0.15) is 0 Å². The van der Waals surface area contributed by atoms with Crippen LogP contribution in [0.1, 0.15) is 36.1 Å². The zero-order valence-electron chi connectivity index (χ0n) is 14.0. The van der Waals surface area contributed by atoms with Crippen molar-refractivity contribution in [3.05, 3.63) is 70.9 Å². The molecule has 1 aliphatic carbocycles. The van der Waals surface area contributed by atoms with Gasteiger partial charge in [-0.15, -0.1) is 11.8 Å². The zero-order chi connectivity index (χ0) is 16.7. The second-order valence-corrected chi connectivity index (χ2v) is 8.01. The van der Waals surface area contributed by atoms with E-state index < -0.39 is 0 Å². The first-order chi connectivity index (χ1) is 11.6. The standard InChI is InChI=1S/C21H21NOS/c1-13-7-9-15(10-8-13)21-20-17(11-14(2)12-18(20)23)22-16-5-3-4-6-19(16)24-21/h3-10,14,21-22H,11-12H2,1-2H3/t14-,21-/m1/s1. The maximum absolute atomic E-state index is 12.9. The average Bonchev–Trinajstić information content (AvgIpc) is 2.72. The van der Waals surface area contributed by atoms with E-state index in [2.05, 4.69) is 61.6 Å². The SMILES string of the molecule is Cc1ccc([C@H]2Sc3ccccc3NC3=C2C(=O)C[C@H](C)C3)cc1. The van der Waals surface area contributed by atoms with Crippen molar-refractivity contribution in [2.75, 3.05) is 5.32 Å². The molecule has 3 heteroatoms. The molecule has 0 saturated carbocycles. The van der Waals surface area contributed by atoms with Gasteiger partial charge < -0.3 is 5.32 Å². The van der Waals surface area contributed by atoms with Crippen LogP contribution in [0.15, 0.2) is 64.7 Å². The number of hydrogen-bond acceptors (Lipinski definition) is 3. The Morgan fingerprint density at radius 1 is 1.04 bits per heavy atom. The van der Waals surface area contributed by atoms with Gasteiger partial charge >= 0.3 is 0 Å². The number of nitrogens with one attached hydrogen (secondary N) is 1. The highest BCUT2D eigenvalue weighted by Crippen LogP contribution is 2.49. The topological polar surface area (TPSA) is 29.1 Å². The summed E-state index contributed by atoms with van der Waals surface area (Å²) < 4.78 is 0. The quantitative estimate of drug-likeness (QED) is 0.745. The first-order valence-corrected chi connectivity index (χ1v) is 9.35. The third-order valence-electron chi connectivity index (χ3n) is 4.77. The fourth-order valence-electron chi connectivity index (χ4n) is 3.55. The molecule has 0 aromatic heterocycles. The normalized spacial score (nSPS) is 23.2. The minimum atomic E-state index is 0.0664. The molecule has 1 heterocycles. The van der Waals surface area contributed by atoms with E-state index in [1.54, 1.807) is 11.8 Å². The lowest BCUT2D eigenvalue weighted by atomic mass is 9.84. The minimum Gasteiger partial charge on any atom is -0.358 e. The van der Waals surface area contributed by atoms with Crippen molar-refractivity contribution in [1.29, 1.82) is 0 Å². The molecule has 2 nitrogen and oxygen atoms in total. The van der Waals surface area contributed by atoms with Crippen molar-refractivity contribution >= 4 is 23.2 Å². The van der Waals surface area contributed by atoms with Crippen molar-refractivity contribution in [2.24, 2.45) is 5.92 Å². The van der Waals surface area contributed by atoms with E-state index in [0.717, 1.165) is 23.4 Å². The Balaban J connectivity index is 1.87. The number of Topliss-reactive ketones (excluding diaryl/α,β-unsaturated/α-hetero) is 1. The molecule has 1 aliphatic heterocycles. The Morgan fingerprint density at radius 2 is 1.79 bits per heavy atom. The number of thioether (sulfide) groups is 1. The second-order valence-electron chi connectivity index (χ2n) is 6.86. The Kier molecular flexibility index (Phi) is 3.97. The summed E-state index contributed by atoms with van der Waals surface area (Å²) in [4.78, 5) is 14.1. The average molecular weight is 335 g/mol. The van der Waals surface area contributed by atoms with Gasteiger partial charge in [0.15, 0.2) is 5.78 Å². The number of hydrogen-bond donors (Lipinski definition) is 1. The van der Waals surface area contributed by atoms with Crippen LogP contribution in [0.3, 0.4) is 0 Å². The van der Waals surface area contributed by atoms with Gasteiger partial charge in [-0.3, -0.25) is 4.79 Å². The zero-order valence-corrected chi connectivity index (χ0v) is 14.8. The minimum absolute atomic E-state index is 0.0664. The van der Waals surface area contributed by atoms with Crippen molar-refractivity contribution < 1.29 is 4.79 Å². The summed E-state index contributed by atoms with van der Waals surface area (Å²) in [5.41, 5.74) is 5.65. The van der Waals surface area contributed by atoms with E-state index in [1.165, 1.54) is 16.0 Å². The third-order valence-corrected chi connectivity index (χ3v) is 6.13. The summed E-state index contributed by atoms with van der Waals surface area (Å²) in [6.45, 7) is 4.26. The van der Waals surface area contributed by atoms with E-state index in [-0.39, 0.29) is 5.25 Å². The number of aryl methyl sites for hydroxylation is 1. The first-order valence-electron chi connectivity index (χ1n) is 8.47. The van der Waals surface area contributed by atoms with Gasteiger partial charge in [0.05, 0.1) is 10.9 Å². The number of fused-ring (bicyclic) bond motifs is 1. The lowest BCUT2D eigenvalue weighted by molar-refractivity contribution is -0.116. The Bertz CT molecular complexity index is 822. The highest BCUT2D eigenvalue weighted by atomic mass is 32.2. The number of carbonyl (C=O) groups is 1. The molecule has 0 spiro atoms. The lowest BCUT2D eigenvalue weighted by Gasteiger charge is -2.27. The van der Waals surface area contributed by atoms with Gasteiger partial charge in [-0.25, -0.2) is 0 Å². The predicted octanol–water partition coefficient (Wildman–Crippen LogP) is 5.51. The molecule has 2 atom stereocenters. The molecule has 0 amide bonds. The molecular formula is C21H21NOS. The van der Waals surface area contributed by atoms with E-state index >= 15 is 0 Å². The van der Waals surface area contributed by atoms with Crippen LogP contribution >= 0.6 is 11.8 Å². The van der Waals surface area contributed by atoms with Crippen LogP contribution in [0, 0.1) is 12.8 Å². The summed E-state index contributed by atoms with van der Waals surface area (Å²) in [6.07, 6.45) is 1.60. The number of rotatable bonds is 1. The largest absolute Gasteiger partial charge is 0.358 e. The molecule has 2 aromatic carbocycles. The van der Waals surface area contributed by atoms with E-state index in [4.69, 9.17) is 0 Å². The first kappa shape index (κ1) is 15.5. The van der Waals surface area contributed by atoms with E-state index in [0.29, 0.717) is 18.1 Å².